The predicted octanol–water partition coefficient (Wildman–Crippen LogP) is 1.94. The van der Waals surface area contributed by atoms with Crippen molar-refractivity contribution in [1.82, 2.24) is 0 Å². The Hall–Kier alpha value is -1.60. The van der Waals surface area contributed by atoms with Crippen molar-refractivity contribution in [3.05, 3.63) is 24.5 Å². The minimum Gasteiger partial charge on any atom is -0.431 e. The topological polar surface area (TPSA) is 59.3 Å². The van der Waals surface area contributed by atoms with Gasteiger partial charge in [-0.05, 0) is 12.5 Å². The predicted molar refractivity (Wildman–Crippen MR) is 55.7 cm³/mol. The lowest BCUT2D eigenvalue weighted by Gasteiger charge is -1.98. The van der Waals surface area contributed by atoms with Crippen molar-refractivity contribution in [1.29, 1.82) is 5.26 Å². The molecule has 0 atom stereocenters. The maximum atomic E-state index is 10.9. The lowest BCUT2D eigenvalue weighted by Crippen LogP contribution is -2.01. The molecule has 0 aromatic heterocycles. The molecule has 0 aromatic carbocycles. The van der Waals surface area contributed by atoms with Gasteiger partial charge in [0.25, 0.3) is 0 Å². The Morgan fingerprint density at radius 3 is 2.93 bits per heavy atom. The molecule has 0 aliphatic heterocycles. The van der Waals surface area contributed by atoms with E-state index >= 15 is 0 Å². The molecular weight excluding hydrogens is 194 g/mol. The summed E-state index contributed by atoms with van der Waals surface area (Å²) in [6.07, 6.45) is 4.87. The van der Waals surface area contributed by atoms with Gasteiger partial charge in [-0.15, -0.1) is 0 Å². The fourth-order valence-corrected chi connectivity index (χ4v) is 0.664. The SMILES string of the molecule is C=C(C#N)C(=O)OC=CCOCCCC. The zero-order valence-corrected chi connectivity index (χ0v) is 8.86. The Morgan fingerprint density at radius 2 is 2.33 bits per heavy atom. The summed E-state index contributed by atoms with van der Waals surface area (Å²) < 4.78 is 9.76. The maximum Gasteiger partial charge on any atom is 0.353 e. The quantitative estimate of drug-likeness (QED) is 0.211. The van der Waals surface area contributed by atoms with E-state index in [2.05, 4.69) is 18.2 Å². The summed E-state index contributed by atoms with van der Waals surface area (Å²) in [7, 11) is 0. The average molecular weight is 209 g/mol. The molecule has 0 unspecified atom stereocenters. The molecule has 4 heteroatoms. The summed E-state index contributed by atoms with van der Waals surface area (Å²) in [6.45, 7) is 6.38. The maximum absolute atomic E-state index is 10.9. The van der Waals surface area contributed by atoms with Gasteiger partial charge in [-0.1, -0.05) is 19.9 Å². The van der Waals surface area contributed by atoms with Crippen molar-refractivity contribution in [3.63, 3.8) is 0 Å². The van der Waals surface area contributed by atoms with Gasteiger partial charge >= 0.3 is 5.97 Å². The lowest BCUT2D eigenvalue weighted by atomic mass is 10.3. The summed E-state index contributed by atoms with van der Waals surface area (Å²) >= 11 is 0. The molecule has 0 aliphatic rings. The van der Waals surface area contributed by atoms with Crippen LogP contribution in [0.2, 0.25) is 0 Å². The van der Waals surface area contributed by atoms with Crippen LogP contribution in [0.4, 0.5) is 0 Å². The number of nitriles is 1. The van der Waals surface area contributed by atoms with Crippen LogP contribution < -0.4 is 0 Å². The molecule has 4 nitrogen and oxygen atoms in total. The van der Waals surface area contributed by atoms with E-state index in [9.17, 15) is 4.79 Å². The first-order chi connectivity index (χ1) is 7.22. The van der Waals surface area contributed by atoms with E-state index in [-0.39, 0.29) is 5.57 Å². The van der Waals surface area contributed by atoms with Gasteiger partial charge in [-0.3, -0.25) is 0 Å². The number of hydrogen-bond donors (Lipinski definition) is 0. The number of carbonyl (C=O) groups excluding carboxylic acids is 1. The van der Waals surface area contributed by atoms with Crippen molar-refractivity contribution >= 4 is 5.97 Å². The van der Waals surface area contributed by atoms with Crippen LogP contribution >= 0.6 is 0 Å². The lowest BCUT2D eigenvalue weighted by molar-refractivity contribution is -0.133. The molecule has 0 fully saturated rings. The van der Waals surface area contributed by atoms with Gasteiger partial charge in [0.2, 0.25) is 0 Å². The van der Waals surface area contributed by atoms with Crippen LogP contribution in [0.1, 0.15) is 19.8 Å². The van der Waals surface area contributed by atoms with E-state index < -0.39 is 5.97 Å². The third kappa shape index (κ3) is 7.47. The van der Waals surface area contributed by atoms with E-state index in [0.29, 0.717) is 13.2 Å². The first kappa shape index (κ1) is 13.4. The summed E-state index contributed by atoms with van der Waals surface area (Å²) in [6, 6.07) is 1.60. The molecule has 0 spiro atoms. The molecule has 0 bridgehead atoms. The van der Waals surface area contributed by atoms with Crippen LogP contribution in [0.3, 0.4) is 0 Å². The fourth-order valence-electron chi connectivity index (χ4n) is 0.664. The normalized spacial score (nSPS) is 9.87. The number of nitrogens with zero attached hydrogens (tertiary/aromatic N) is 1. The van der Waals surface area contributed by atoms with Crippen LogP contribution in [0.5, 0.6) is 0 Å². The second-order valence-corrected chi connectivity index (χ2v) is 2.80. The molecule has 0 aromatic rings. The number of hydrogen-bond acceptors (Lipinski definition) is 4. The highest BCUT2D eigenvalue weighted by Gasteiger charge is 2.04. The number of unbranched alkanes of at least 4 members (excludes halogenated alkanes) is 1. The van der Waals surface area contributed by atoms with Gasteiger partial charge in [-0.25, -0.2) is 4.79 Å². The largest absolute Gasteiger partial charge is 0.431 e. The van der Waals surface area contributed by atoms with Crippen LogP contribution in [0.25, 0.3) is 0 Å². The monoisotopic (exact) mass is 209 g/mol. The molecule has 15 heavy (non-hydrogen) atoms. The number of rotatable bonds is 7. The zero-order valence-electron chi connectivity index (χ0n) is 8.86. The summed E-state index contributed by atoms with van der Waals surface area (Å²) in [4.78, 5) is 10.9. The Bertz CT molecular complexity index is 276. The van der Waals surface area contributed by atoms with Gasteiger partial charge in [-0.2, -0.15) is 5.26 Å². The molecule has 0 saturated carbocycles. The third-order valence-electron chi connectivity index (χ3n) is 1.51. The standard InChI is InChI=1S/C11H15NO3/c1-3-4-6-14-7-5-8-15-11(13)10(2)9-12/h5,8H,2-4,6-7H2,1H3. The molecule has 0 radical (unpaired) electrons. The number of ether oxygens (including phenoxy) is 2. The molecule has 82 valence electrons. The van der Waals surface area contributed by atoms with E-state index in [4.69, 9.17) is 10.00 Å². The summed E-state index contributed by atoms with van der Waals surface area (Å²) in [5, 5.41) is 8.31. The van der Waals surface area contributed by atoms with Crippen LogP contribution in [0.15, 0.2) is 24.5 Å². The molecule has 0 aliphatic carbocycles. The molecular formula is C11H15NO3. The third-order valence-corrected chi connectivity index (χ3v) is 1.51. The smallest absolute Gasteiger partial charge is 0.353 e. The second-order valence-electron chi connectivity index (χ2n) is 2.80. The minimum absolute atomic E-state index is 0.216. The van der Waals surface area contributed by atoms with E-state index in [1.54, 1.807) is 12.1 Å². The van der Waals surface area contributed by atoms with Gasteiger partial charge in [0.1, 0.15) is 11.6 Å². The first-order valence-corrected chi connectivity index (χ1v) is 4.75. The Balaban J connectivity index is 3.51. The van der Waals surface area contributed by atoms with E-state index in [0.717, 1.165) is 12.8 Å². The van der Waals surface area contributed by atoms with Crippen molar-refractivity contribution in [2.75, 3.05) is 13.2 Å². The van der Waals surface area contributed by atoms with E-state index in [1.807, 2.05) is 0 Å². The molecule has 0 rings (SSSR count). The summed E-state index contributed by atoms with van der Waals surface area (Å²) in [5.74, 6) is -0.734. The number of esters is 1. The van der Waals surface area contributed by atoms with Crippen molar-refractivity contribution in [3.8, 4) is 6.07 Å². The zero-order chi connectivity index (χ0) is 11.5. The highest BCUT2D eigenvalue weighted by Crippen LogP contribution is 1.93. The van der Waals surface area contributed by atoms with Crippen molar-refractivity contribution < 1.29 is 14.3 Å². The molecule has 0 heterocycles. The second kappa shape index (κ2) is 8.97. The van der Waals surface area contributed by atoms with Crippen molar-refractivity contribution in [2.45, 2.75) is 19.8 Å². The van der Waals surface area contributed by atoms with Gasteiger partial charge in [0.15, 0.2) is 0 Å². The highest BCUT2D eigenvalue weighted by atomic mass is 16.5. The van der Waals surface area contributed by atoms with E-state index in [1.165, 1.54) is 6.26 Å². The van der Waals surface area contributed by atoms with Crippen LogP contribution in [0, 0.1) is 11.3 Å². The summed E-state index contributed by atoms with van der Waals surface area (Å²) in [5.41, 5.74) is -0.216. The van der Waals surface area contributed by atoms with Crippen molar-refractivity contribution in [2.24, 2.45) is 0 Å². The highest BCUT2D eigenvalue weighted by molar-refractivity contribution is 5.92. The first-order valence-electron chi connectivity index (χ1n) is 4.75. The Morgan fingerprint density at radius 1 is 1.60 bits per heavy atom. The molecule has 0 amide bonds. The molecule has 0 saturated heterocycles. The molecule has 0 N–H and O–H groups in total. The Labute approximate surface area is 89.8 Å². The van der Waals surface area contributed by atoms with Gasteiger partial charge in [0, 0.05) is 6.61 Å². The Kier molecular flexibility index (Phi) is 8.02. The van der Waals surface area contributed by atoms with Crippen LogP contribution in [-0.4, -0.2) is 19.2 Å². The van der Waals surface area contributed by atoms with Gasteiger partial charge < -0.3 is 9.47 Å². The number of carbonyl (C=O) groups is 1. The van der Waals surface area contributed by atoms with Crippen LogP contribution in [-0.2, 0) is 14.3 Å². The fraction of sp³-hybridized carbons (Fsp3) is 0.455. The minimum atomic E-state index is -0.734. The average Bonchev–Trinajstić information content (AvgIpc) is 2.26. The van der Waals surface area contributed by atoms with Gasteiger partial charge in [0.05, 0.1) is 12.9 Å².